The van der Waals surface area contributed by atoms with Gasteiger partial charge in [-0.1, -0.05) is 40.9 Å². The summed E-state index contributed by atoms with van der Waals surface area (Å²) < 4.78 is 5.16. The molecule has 0 aliphatic rings. The maximum atomic E-state index is 11.9. The zero-order valence-electron chi connectivity index (χ0n) is 10.2. The molecule has 104 valence electrons. The fourth-order valence-electron chi connectivity index (χ4n) is 1.62. The van der Waals surface area contributed by atoms with Crippen molar-refractivity contribution in [2.45, 2.75) is 6.61 Å². The number of benzene rings is 2. The molecule has 0 spiro atoms. The van der Waals surface area contributed by atoms with Crippen LogP contribution >= 0.6 is 34.8 Å². The molecule has 0 fully saturated rings. The van der Waals surface area contributed by atoms with Gasteiger partial charge in [0, 0.05) is 26.3 Å². The Labute approximate surface area is 131 Å². The first-order valence-corrected chi connectivity index (χ1v) is 6.77. The standard InChI is InChI=1S/C14H10Cl3NO2/c15-9-4-8(5-10(18)6-9)14(19)20-7-11-12(16)2-1-3-13(11)17/h1-6H,7,18H2. The molecule has 0 saturated carbocycles. The predicted octanol–water partition coefficient (Wildman–Crippen LogP) is 4.59. The van der Waals surface area contributed by atoms with Crippen LogP contribution in [0.15, 0.2) is 36.4 Å². The normalized spacial score (nSPS) is 10.3. The number of nitrogen functional groups attached to an aromatic ring is 1. The number of rotatable bonds is 3. The van der Waals surface area contributed by atoms with Crippen molar-refractivity contribution in [1.29, 1.82) is 0 Å². The molecule has 2 N–H and O–H groups in total. The molecule has 0 amide bonds. The molecule has 0 radical (unpaired) electrons. The summed E-state index contributed by atoms with van der Waals surface area (Å²) in [5.41, 5.74) is 6.84. The van der Waals surface area contributed by atoms with Gasteiger partial charge in [-0.15, -0.1) is 0 Å². The average Bonchev–Trinajstić information content (AvgIpc) is 2.36. The van der Waals surface area contributed by atoms with Gasteiger partial charge in [0.25, 0.3) is 0 Å². The molecule has 2 rings (SSSR count). The van der Waals surface area contributed by atoms with Gasteiger partial charge >= 0.3 is 5.97 Å². The van der Waals surface area contributed by atoms with Crippen LogP contribution in [0.5, 0.6) is 0 Å². The first-order chi connectivity index (χ1) is 9.47. The maximum Gasteiger partial charge on any atom is 0.338 e. The first-order valence-electron chi connectivity index (χ1n) is 5.63. The van der Waals surface area contributed by atoms with Crippen molar-refractivity contribution in [3.8, 4) is 0 Å². The van der Waals surface area contributed by atoms with E-state index in [0.717, 1.165) is 0 Å². The lowest BCUT2D eigenvalue weighted by molar-refractivity contribution is 0.0473. The number of esters is 1. The van der Waals surface area contributed by atoms with Crippen molar-refractivity contribution in [2.24, 2.45) is 0 Å². The van der Waals surface area contributed by atoms with E-state index in [1.165, 1.54) is 12.1 Å². The van der Waals surface area contributed by atoms with Gasteiger partial charge in [0.15, 0.2) is 0 Å². The number of carbonyl (C=O) groups is 1. The highest BCUT2D eigenvalue weighted by molar-refractivity contribution is 6.36. The van der Waals surface area contributed by atoms with E-state index in [1.807, 2.05) is 0 Å². The number of hydrogen-bond donors (Lipinski definition) is 1. The third-order valence-electron chi connectivity index (χ3n) is 2.57. The molecule has 0 unspecified atom stereocenters. The van der Waals surface area contributed by atoms with E-state index in [0.29, 0.717) is 26.3 Å². The highest BCUT2D eigenvalue weighted by Gasteiger charge is 2.12. The minimum atomic E-state index is -0.546. The molecule has 0 aliphatic heterocycles. The van der Waals surface area contributed by atoms with Crippen LogP contribution < -0.4 is 5.73 Å². The summed E-state index contributed by atoms with van der Waals surface area (Å²) in [5, 5.41) is 1.25. The molecule has 2 aromatic rings. The summed E-state index contributed by atoms with van der Waals surface area (Å²) >= 11 is 17.8. The number of carbonyl (C=O) groups excluding carboxylic acids is 1. The van der Waals surface area contributed by atoms with Crippen molar-refractivity contribution < 1.29 is 9.53 Å². The van der Waals surface area contributed by atoms with Crippen LogP contribution in [0.25, 0.3) is 0 Å². The Bertz CT molecular complexity index is 618. The fourth-order valence-corrected chi connectivity index (χ4v) is 2.37. The zero-order chi connectivity index (χ0) is 14.7. The van der Waals surface area contributed by atoms with Crippen molar-refractivity contribution >= 4 is 46.5 Å². The van der Waals surface area contributed by atoms with Gasteiger partial charge in [-0.25, -0.2) is 4.79 Å². The summed E-state index contributed by atoms with van der Waals surface area (Å²) in [6.07, 6.45) is 0. The van der Waals surface area contributed by atoms with E-state index in [2.05, 4.69) is 0 Å². The summed E-state index contributed by atoms with van der Waals surface area (Å²) in [7, 11) is 0. The third kappa shape index (κ3) is 3.57. The SMILES string of the molecule is Nc1cc(Cl)cc(C(=O)OCc2c(Cl)cccc2Cl)c1. The molecule has 0 bridgehead atoms. The van der Waals surface area contributed by atoms with E-state index < -0.39 is 5.97 Å². The lowest BCUT2D eigenvalue weighted by Gasteiger charge is -2.09. The van der Waals surface area contributed by atoms with E-state index in [-0.39, 0.29) is 12.2 Å². The highest BCUT2D eigenvalue weighted by atomic mass is 35.5. The van der Waals surface area contributed by atoms with Crippen molar-refractivity contribution in [2.75, 3.05) is 5.73 Å². The number of ether oxygens (including phenoxy) is 1. The fraction of sp³-hybridized carbons (Fsp3) is 0.0714. The molecule has 0 aliphatic carbocycles. The van der Waals surface area contributed by atoms with Gasteiger partial charge in [0.1, 0.15) is 6.61 Å². The van der Waals surface area contributed by atoms with Crippen LogP contribution in [0.3, 0.4) is 0 Å². The molecule has 6 heteroatoms. The number of hydrogen-bond acceptors (Lipinski definition) is 3. The smallest absolute Gasteiger partial charge is 0.338 e. The van der Waals surface area contributed by atoms with Gasteiger partial charge < -0.3 is 10.5 Å². The summed E-state index contributed by atoms with van der Waals surface area (Å²) in [5.74, 6) is -0.546. The van der Waals surface area contributed by atoms with Gasteiger partial charge in [0.05, 0.1) is 5.56 Å². The second-order valence-electron chi connectivity index (χ2n) is 4.05. The van der Waals surface area contributed by atoms with Crippen LogP contribution in [0.4, 0.5) is 5.69 Å². The van der Waals surface area contributed by atoms with Gasteiger partial charge in [-0.2, -0.15) is 0 Å². The van der Waals surface area contributed by atoms with Crippen LogP contribution in [-0.2, 0) is 11.3 Å². The highest BCUT2D eigenvalue weighted by Crippen LogP contribution is 2.25. The molecule has 2 aromatic carbocycles. The topological polar surface area (TPSA) is 52.3 Å². The Hall–Kier alpha value is -1.42. The van der Waals surface area contributed by atoms with Crippen molar-refractivity contribution in [3.05, 3.63) is 62.6 Å². The van der Waals surface area contributed by atoms with Crippen LogP contribution in [-0.4, -0.2) is 5.97 Å². The summed E-state index contributed by atoms with van der Waals surface area (Å²) in [4.78, 5) is 11.9. The van der Waals surface area contributed by atoms with Gasteiger partial charge in [-0.3, -0.25) is 0 Å². The van der Waals surface area contributed by atoms with Crippen LogP contribution in [0.1, 0.15) is 15.9 Å². The molecule has 0 aromatic heterocycles. The third-order valence-corrected chi connectivity index (χ3v) is 3.49. The Morgan fingerprint density at radius 1 is 1.10 bits per heavy atom. The van der Waals surface area contributed by atoms with Crippen molar-refractivity contribution in [3.63, 3.8) is 0 Å². The molecule has 20 heavy (non-hydrogen) atoms. The van der Waals surface area contributed by atoms with Crippen LogP contribution in [0.2, 0.25) is 15.1 Å². The minimum absolute atomic E-state index is 0.0240. The summed E-state index contributed by atoms with van der Waals surface area (Å²) in [6, 6.07) is 9.58. The number of anilines is 1. The second kappa shape index (κ2) is 6.35. The van der Waals surface area contributed by atoms with Gasteiger partial charge in [0.2, 0.25) is 0 Å². The van der Waals surface area contributed by atoms with E-state index in [9.17, 15) is 4.79 Å². The summed E-state index contributed by atoms with van der Waals surface area (Å²) in [6.45, 7) is -0.0240. The Morgan fingerprint density at radius 2 is 1.75 bits per heavy atom. The molecular formula is C14H10Cl3NO2. The lowest BCUT2D eigenvalue weighted by Crippen LogP contribution is -2.06. The Morgan fingerprint density at radius 3 is 2.35 bits per heavy atom. The number of nitrogens with two attached hydrogens (primary N) is 1. The molecule has 0 saturated heterocycles. The first kappa shape index (κ1) is 15.0. The van der Waals surface area contributed by atoms with Crippen LogP contribution in [0, 0.1) is 0 Å². The average molecular weight is 331 g/mol. The van der Waals surface area contributed by atoms with Crippen molar-refractivity contribution in [1.82, 2.24) is 0 Å². The Kier molecular flexibility index (Phi) is 4.76. The van der Waals surface area contributed by atoms with E-state index in [1.54, 1.807) is 24.3 Å². The minimum Gasteiger partial charge on any atom is -0.457 e. The molecule has 0 heterocycles. The van der Waals surface area contributed by atoms with E-state index >= 15 is 0 Å². The predicted molar refractivity (Wildman–Crippen MR) is 81.4 cm³/mol. The quantitative estimate of drug-likeness (QED) is 0.661. The molecule has 3 nitrogen and oxygen atoms in total. The Balaban J connectivity index is 2.13. The second-order valence-corrected chi connectivity index (χ2v) is 5.30. The molecular weight excluding hydrogens is 321 g/mol. The van der Waals surface area contributed by atoms with E-state index in [4.69, 9.17) is 45.3 Å². The monoisotopic (exact) mass is 329 g/mol. The molecule has 0 atom stereocenters. The lowest BCUT2D eigenvalue weighted by atomic mass is 10.2. The number of halogens is 3. The zero-order valence-corrected chi connectivity index (χ0v) is 12.5. The maximum absolute atomic E-state index is 11.9. The largest absolute Gasteiger partial charge is 0.457 e. The van der Waals surface area contributed by atoms with Gasteiger partial charge in [-0.05, 0) is 30.3 Å².